The van der Waals surface area contributed by atoms with Gasteiger partial charge in [-0.1, -0.05) is 36.4 Å². The molecule has 1 fully saturated rings. The molecule has 0 spiro atoms. The quantitative estimate of drug-likeness (QED) is 0.513. The lowest BCUT2D eigenvalue weighted by molar-refractivity contribution is 0.0950. The van der Waals surface area contributed by atoms with Crippen LogP contribution in [0.15, 0.2) is 85.3 Å². The van der Waals surface area contributed by atoms with Crippen molar-refractivity contribution in [3.05, 3.63) is 102 Å². The number of benzene rings is 1. The Balaban J connectivity index is 1.25. The number of nitrogens with one attached hydrogen (secondary N) is 1. The van der Waals surface area contributed by atoms with Gasteiger partial charge >= 0.3 is 0 Å². The maximum absolute atomic E-state index is 12.7. The number of anilines is 1. The zero-order valence-corrected chi connectivity index (χ0v) is 18.0. The lowest BCUT2D eigenvalue weighted by atomic mass is 10.2. The molecule has 1 N–H and O–H groups in total. The van der Waals surface area contributed by atoms with Crippen molar-refractivity contribution in [1.82, 2.24) is 19.6 Å². The molecule has 6 nitrogen and oxygen atoms in total. The topological polar surface area (TPSA) is 52.9 Å². The van der Waals surface area contributed by atoms with E-state index in [2.05, 4.69) is 42.7 Å². The first-order valence-corrected chi connectivity index (χ1v) is 11.1. The molecule has 0 bridgehead atoms. The van der Waals surface area contributed by atoms with E-state index in [4.69, 9.17) is 0 Å². The maximum Gasteiger partial charge on any atom is 0.253 e. The first-order valence-electron chi connectivity index (χ1n) is 11.1. The molecular weight excluding hydrogens is 398 g/mol. The van der Waals surface area contributed by atoms with E-state index in [-0.39, 0.29) is 5.91 Å². The van der Waals surface area contributed by atoms with Crippen LogP contribution in [0.2, 0.25) is 0 Å². The summed E-state index contributed by atoms with van der Waals surface area (Å²) < 4.78 is 2.13. The fourth-order valence-electron chi connectivity index (χ4n) is 4.24. The molecule has 6 heteroatoms. The highest BCUT2D eigenvalue weighted by molar-refractivity contribution is 5.94. The monoisotopic (exact) mass is 425 g/mol. The molecule has 0 radical (unpaired) electrons. The second-order valence-electron chi connectivity index (χ2n) is 8.20. The average molecular weight is 426 g/mol. The van der Waals surface area contributed by atoms with Crippen molar-refractivity contribution in [3.8, 4) is 0 Å². The minimum atomic E-state index is -0.0586. The van der Waals surface area contributed by atoms with E-state index in [0.29, 0.717) is 12.1 Å². The Morgan fingerprint density at radius 1 is 0.875 bits per heavy atom. The molecule has 32 heavy (non-hydrogen) atoms. The number of aromatic nitrogens is 2. The van der Waals surface area contributed by atoms with Crippen molar-refractivity contribution in [3.63, 3.8) is 0 Å². The second-order valence-corrected chi connectivity index (χ2v) is 8.20. The normalized spacial score (nSPS) is 14.6. The molecule has 4 heterocycles. The molecule has 0 aliphatic carbocycles. The summed E-state index contributed by atoms with van der Waals surface area (Å²) in [5, 5.41) is 3.02. The van der Waals surface area contributed by atoms with Gasteiger partial charge in [0.1, 0.15) is 5.82 Å². The number of carbonyl (C=O) groups is 1. The number of piperazine rings is 1. The molecule has 3 aromatic heterocycles. The SMILES string of the molecule is O=C(NCc1ccccc1)c1ccc2ccc(N3CCN(Cc4cccnc4)CC3)n2c1. The second kappa shape index (κ2) is 9.24. The summed E-state index contributed by atoms with van der Waals surface area (Å²) in [7, 11) is 0. The van der Waals surface area contributed by atoms with Crippen LogP contribution in [0.5, 0.6) is 0 Å². The Morgan fingerprint density at radius 2 is 1.66 bits per heavy atom. The number of pyridine rings is 2. The Kier molecular flexibility index (Phi) is 5.85. The first-order chi connectivity index (χ1) is 15.8. The molecule has 162 valence electrons. The van der Waals surface area contributed by atoms with E-state index in [0.717, 1.165) is 49.6 Å². The fraction of sp³-hybridized carbons (Fsp3) is 0.231. The van der Waals surface area contributed by atoms with Gasteiger partial charge in [0, 0.05) is 63.4 Å². The van der Waals surface area contributed by atoms with Gasteiger partial charge in [-0.25, -0.2) is 0 Å². The molecule has 0 saturated carbocycles. The van der Waals surface area contributed by atoms with Crippen LogP contribution < -0.4 is 10.2 Å². The predicted molar refractivity (Wildman–Crippen MR) is 127 cm³/mol. The van der Waals surface area contributed by atoms with Crippen molar-refractivity contribution < 1.29 is 4.79 Å². The summed E-state index contributed by atoms with van der Waals surface area (Å²) in [6.07, 6.45) is 5.71. The molecule has 1 aliphatic rings. The molecule has 0 atom stereocenters. The van der Waals surface area contributed by atoms with Gasteiger partial charge in [-0.2, -0.15) is 0 Å². The maximum atomic E-state index is 12.7. The largest absolute Gasteiger partial charge is 0.355 e. The van der Waals surface area contributed by atoms with Gasteiger partial charge in [0.15, 0.2) is 0 Å². The van der Waals surface area contributed by atoms with Gasteiger partial charge in [-0.3, -0.25) is 14.7 Å². The minimum absolute atomic E-state index is 0.0586. The van der Waals surface area contributed by atoms with Crippen LogP contribution in [0, 0.1) is 0 Å². The summed E-state index contributed by atoms with van der Waals surface area (Å²) in [5.74, 6) is 1.08. The van der Waals surface area contributed by atoms with E-state index in [9.17, 15) is 4.79 Å². The lowest BCUT2D eigenvalue weighted by Gasteiger charge is -2.35. The Bertz CT molecular complexity index is 1180. The molecule has 1 saturated heterocycles. The van der Waals surface area contributed by atoms with Crippen molar-refractivity contribution in [1.29, 1.82) is 0 Å². The summed E-state index contributed by atoms with van der Waals surface area (Å²) in [5.41, 5.74) is 4.10. The minimum Gasteiger partial charge on any atom is -0.355 e. The third-order valence-corrected chi connectivity index (χ3v) is 6.01. The van der Waals surface area contributed by atoms with E-state index in [1.807, 2.05) is 67.1 Å². The first kappa shape index (κ1) is 20.3. The molecule has 1 aromatic carbocycles. The van der Waals surface area contributed by atoms with E-state index >= 15 is 0 Å². The smallest absolute Gasteiger partial charge is 0.253 e. The zero-order chi connectivity index (χ0) is 21.8. The van der Waals surface area contributed by atoms with Crippen LogP contribution in [-0.4, -0.2) is 46.4 Å². The third-order valence-electron chi connectivity index (χ3n) is 6.01. The molecule has 4 aromatic rings. The van der Waals surface area contributed by atoms with Gasteiger partial charge in [-0.15, -0.1) is 0 Å². The number of amides is 1. The number of hydrogen-bond donors (Lipinski definition) is 1. The van der Waals surface area contributed by atoms with E-state index in [1.165, 1.54) is 5.56 Å². The highest BCUT2D eigenvalue weighted by atomic mass is 16.1. The highest BCUT2D eigenvalue weighted by Crippen LogP contribution is 2.22. The molecular formula is C26H27N5O. The number of fused-ring (bicyclic) bond motifs is 1. The van der Waals surface area contributed by atoms with Crippen molar-refractivity contribution >= 4 is 17.2 Å². The molecule has 5 rings (SSSR count). The number of nitrogens with zero attached hydrogens (tertiary/aromatic N) is 4. The van der Waals surface area contributed by atoms with Gasteiger partial charge in [0.2, 0.25) is 0 Å². The highest BCUT2D eigenvalue weighted by Gasteiger charge is 2.20. The van der Waals surface area contributed by atoms with Crippen LogP contribution in [0.3, 0.4) is 0 Å². The Labute approximate surface area is 188 Å². The summed E-state index contributed by atoms with van der Waals surface area (Å²) in [6.45, 7) is 5.36. The Hall–Kier alpha value is -3.64. The van der Waals surface area contributed by atoms with Gasteiger partial charge in [0.05, 0.1) is 5.56 Å². The van der Waals surface area contributed by atoms with Crippen molar-refractivity contribution in [2.75, 3.05) is 31.1 Å². The van der Waals surface area contributed by atoms with Crippen molar-refractivity contribution in [2.24, 2.45) is 0 Å². The third kappa shape index (κ3) is 4.50. The number of hydrogen-bond acceptors (Lipinski definition) is 4. The molecule has 1 amide bonds. The van der Waals surface area contributed by atoms with E-state index in [1.54, 1.807) is 0 Å². The summed E-state index contributed by atoms with van der Waals surface area (Å²) >= 11 is 0. The van der Waals surface area contributed by atoms with Gasteiger partial charge in [-0.05, 0) is 41.5 Å². The van der Waals surface area contributed by atoms with Crippen LogP contribution in [0.25, 0.3) is 5.52 Å². The van der Waals surface area contributed by atoms with Gasteiger partial charge in [0.25, 0.3) is 5.91 Å². The van der Waals surface area contributed by atoms with Crippen LogP contribution in [0.1, 0.15) is 21.5 Å². The predicted octanol–water partition coefficient (Wildman–Crippen LogP) is 3.59. The Morgan fingerprint density at radius 3 is 2.44 bits per heavy atom. The molecule has 1 aliphatic heterocycles. The van der Waals surface area contributed by atoms with Crippen LogP contribution in [-0.2, 0) is 13.1 Å². The zero-order valence-electron chi connectivity index (χ0n) is 18.0. The summed E-state index contributed by atoms with van der Waals surface area (Å²) in [6, 6.07) is 22.3. The van der Waals surface area contributed by atoms with Crippen molar-refractivity contribution in [2.45, 2.75) is 13.1 Å². The average Bonchev–Trinajstić information content (AvgIpc) is 3.28. The number of carbonyl (C=O) groups excluding carboxylic acids is 1. The van der Waals surface area contributed by atoms with Crippen LogP contribution in [0.4, 0.5) is 5.82 Å². The lowest BCUT2D eigenvalue weighted by Crippen LogP contribution is -2.46. The number of rotatable bonds is 6. The van der Waals surface area contributed by atoms with E-state index < -0.39 is 0 Å². The molecule has 0 unspecified atom stereocenters. The van der Waals surface area contributed by atoms with Crippen LogP contribution >= 0.6 is 0 Å². The fourth-order valence-corrected chi connectivity index (χ4v) is 4.24. The standard InChI is InChI=1S/C26H27N5O/c32-26(28-18-21-5-2-1-3-6-21)23-8-9-24-10-11-25(31(24)20-23)30-15-13-29(14-16-30)19-22-7-4-12-27-17-22/h1-12,17,20H,13-16,18-19H2,(H,28,32). The summed E-state index contributed by atoms with van der Waals surface area (Å²) in [4.78, 5) is 21.8. The van der Waals surface area contributed by atoms with Gasteiger partial charge < -0.3 is 14.6 Å².